The molecule has 0 unspecified atom stereocenters. The van der Waals surface area contributed by atoms with E-state index in [1.807, 2.05) is 6.92 Å². The van der Waals surface area contributed by atoms with E-state index in [4.69, 9.17) is 4.74 Å². The second-order valence-electron chi connectivity index (χ2n) is 6.09. The van der Waals surface area contributed by atoms with Crippen LogP contribution in [-0.4, -0.2) is 35.8 Å². The predicted molar refractivity (Wildman–Crippen MR) is 106 cm³/mol. The van der Waals surface area contributed by atoms with Crippen LogP contribution in [0, 0.1) is 0 Å². The van der Waals surface area contributed by atoms with Gasteiger partial charge in [0.25, 0.3) is 0 Å². The molecule has 2 heterocycles. The fourth-order valence-corrected chi connectivity index (χ4v) is 3.47. The lowest BCUT2D eigenvalue weighted by atomic mass is 10.1. The van der Waals surface area contributed by atoms with E-state index in [9.17, 15) is 18.0 Å². The Morgan fingerprint density at radius 3 is 2.79 bits per heavy atom. The summed E-state index contributed by atoms with van der Waals surface area (Å²) in [4.78, 5) is 20.0. The number of fused-ring (bicyclic) bond motifs is 1. The van der Waals surface area contributed by atoms with Crippen molar-refractivity contribution in [1.82, 2.24) is 15.3 Å². The standard InChI is InChI=1S/C19H19F3N4O2S/c1-2-28-7-3-6-24-17(27)26-18-25-15-5-4-12(9-16(15)29-18)13-8-14(11-23-10-13)19(20,21)22/h4-5,8-11H,2-3,6-7H2,1H3,(H2,24,25,26,27). The summed E-state index contributed by atoms with van der Waals surface area (Å²) in [5.41, 5.74) is 0.788. The van der Waals surface area contributed by atoms with Crippen LogP contribution in [0.15, 0.2) is 36.7 Å². The van der Waals surface area contributed by atoms with Gasteiger partial charge in [0, 0.05) is 37.7 Å². The van der Waals surface area contributed by atoms with E-state index in [0.29, 0.717) is 48.0 Å². The van der Waals surface area contributed by atoms with Crippen molar-refractivity contribution in [2.24, 2.45) is 0 Å². The van der Waals surface area contributed by atoms with Crippen molar-refractivity contribution in [3.63, 3.8) is 0 Å². The van der Waals surface area contributed by atoms with Crippen molar-refractivity contribution in [3.05, 3.63) is 42.2 Å². The Morgan fingerprint density at radius 1 is 1.21 bits per heavy atom. The second-order valence-corrected chi connectivity index (χ2v) is 7.12. The zero-order valence-electron chi connectivity index (χ0n) is 15.5. The lowest BCUT2D eigenvalue weighted by molar-refractivity contribution is -0.137. The molecule has 0 atom stereocenters. The third-order valence-corrected chi connectivity index (χ3v) is 4.90. The number of thiazole rings is 1. The molecule has 0 saturated heterocycles. The van der Waals surface area contributed by atoms with Crippen LogP contribution in [0.4, 0.5) is 23.1 Å². The van der Waals surface area contributed by atoms with Crippen molar-refractivity contribution in [3.8, 4) is 11.1 Å². The highest BCUT2D eigenvalue weighted by Gasteiger charge is 2.31. The van der Waals surface area contributed by atoms with Gasteiger partial charge >= 0.3 is 12.2 Å². The van der Waals surface area contributed by atoms with Gasteiger partial charge in [0.1, 0.15) is 0 Å². The number of ether oxygens (including phenoxy) is 1. The molecule has 0 spiro atoms. The maximum Gasteiger partial charge on any atom is 0.417 e. The number of carbonyl (C=O) groups is 1. The first kappa shape index (κ1) is 21.0. The number of pyridine rings is 1. The zero-order valence-corrected chi connectivity index (χ0v) is 16.4. The molecular formula is C19H19F3N4O2S. The van der Waals surface area contributed by atoms with Gasteiger partial charge in [-0.1, -0.05) is 17.4 Å². The molecule has 29 heavy (non-hydrogen) atoms. The summed E-state index contributed by atoms with van der Waals surface area (Å²) < 4.78 is 44.7. The normalized spacial score (nSPS) is 11.6. The Balaban J connectivity index is 1.70. The fraction of sp³-hybridized carbons (Fsp3) is 0.316. The highest BCUT2D eigenvalue weighted by molar-refractivity contribution is 7.22. The van der Waals surface area contributed by atoms with Crippen LogP contribution in [0.25, 0.3) is 21.3 Å². The number of rotatable bonds is 7. The van der Waals surface area contributed by atoms with Gasteiger partial charge in [-0.3, -0.25) is 10.3 Å². The number of benzene rings is 1. The SMILES string of the molecule is CCOCCCNC(=O)Nc1nc2ccc(-c3cncc(C(F)(F)F)c3)cc2s1. The molecule has 2 aromatic heterocycles. The van der Waals surface area contributed by atoms with E-state index < -0.39 is 11.7 Å². The molecule has 0 aliphatic rings. The molecule has 6 nitrogen and oxygen atoms in total. The number of hydrogen-bond acceptors (Lipinski definition) is 5. The Hall–Kier alpha value is -2.72. The summed E-state index contributed by atoms with van der Waals surface area (Å²) in [7, 11) is 0. The molecule has 0 fully saturated rings. The topological polar surface area (TPSA) is 76.1 Å². The number of nitrogens with one attached hydrogen (secondary N) is 2. The van der Waals surface area contributed by atoms with Gasteiger partial charge in [-0.15, -0.1) is 0 Å². The molecule has 2 amide bonds. The molecule has 3 aromatic rings. The van der Waals surface area contributed by atoms with Crippen molar-refractivity contribution in [2.45, 2.75) is 19.5 Å². The van der Waals surface area contributed by atoms with E-state index >= 15 is 0 Å². The summed E-state index contributed by atoms with van der Waals surface area (Å²) in [5, 5.41) is 5.78. The molecule has 0 bridgehead atoms. The largest absolute Gasteiger partial charge is 0.417 e. The average Bonchev–Trinajstić information content (AvgIpc) is 3.08. The third-order valence-electron chi connectivity index (χ3n) is 3.96. The Kier molecular flexibility index (Phi) is 6.65. The smallest absolute Gasteiger partial charge is 0.382 e. The van der Waals surface area contributed by atoms with Crippen molar-refractivity contribution in [1.29, 1.82) is 0 Å². The quantitative estimate of drug-likeness (QED) is 0.528. The summed E-state index contributed by atoms with van der Waals surface area (Å²) in [6.45, 7) is 3.59. The number of urea groups is 1. The highest BCUT2D eigenvalue weighted by atomic mass is 32.1. The molecule has 154 valence electrons. The van der Waals surface area contributed by atoms with Crippen LogP contribution >= 0.6 is 11.3 Å². The van der Waals surface area contributed by atoms with Crippen molar-refractivity contribution in [2.75, 3.05) is 25.1 Å². The fourth-order valence-electron chi connectivity index (χ4n) is 2.57. The van der Waals surface area contributed by atoms with Crippen LogP contribution in [0.3, 0.4) is 0 Å². The van der Waals surface area contributed by atoms with Crippen LogP contribution in [0.2, 0.25) is 0 Å². The number of aromatic nitrogens is 2. The van der Waals surface area contributed by atoms with Gasteiger partial charge in [-0.25, -0.2) is 9.78 Å². The van der Waals surface area contributed by atoms with Crippen LogP contribution in [-0.2, 0) is 10.9 Å². The number of halogens is 3. The number of amides is 2. The molecule has 0 radical (unpaired) electrons. The number of alkyl halides is 3. The Bertz CT molecular complexity index is 991. The second kappa shape index (κ2) is 9.19. The van der Waals surface area contributed by atoms with E-state index in [1.165, 1.54) is 17.5 Å². The van der Waals surface area contributed by atoms with Gasteiger partial charge in [0.15, 0.2) is 5.13 Å². The highest BCUT2D eigenvalue weighted by Crippen LogP contribution is 2.33. The molecule has 0 aliphatic carbocycles. The van der Waals surface area contributed by atoms with Gasteiger partial charge in [0.2, 0.25) is 0 Å². The van der Waals surface area contributed by atoms with Gasteiger partial charge in [0.05, 0.1) is 15.8 Å². The van der Waals surface area contributed by atoms with E-state index in [-0.39, 0.29) is 6.03 Å². The lowest BCUT2D eigenvalue weighted by Gasteiger charge is -2.08. The molecule has 2 N–H and O–H groups in total. The molecular weight excluding hydrogens is 405 g/mol. The zero-order chi connectivity index (χ0) is 20.9. The maximum atomic E-state index is 12.9. The molecule has 1 aromatic carbocycles. The summed E-state index contributed by atoms with van der Waals surface area (Å²) >= 11 is 1.24. The van der Waals surface area contributed by atoms with Crippen molar-refractivity contribution < 1.29 is 22.7 Å². The number of nitrogens with zero attached hydrogens (tertiary/aromatic N) is 2. The molecule has 0 aliphatic heterocycles. The first-order chi connectivity index (χ1) is 13.9. The summed E-state index contributed by atoms with van der Waals surface area (Å²) in [6.07, 6.45) is -1.57. The van der Waals surface area contributed by atoms with E-state index in [2.05, 4.69) is 20.6 Å². The van der Waals surface area contributed by atoms with E-state index in [1.54, 1.807) is 18.2 Å². The molecule has 3 rings (SSSR count). The first-order valence-electron chi connectivity index (χ1n) is 8.92. The van der Waals surface area contributed by atoms with Crippen LogP contribution in [0.1, 0.15) is 18.9 Å². The minimum absolute atomic E-state index is 0.358. The number of hydrogen-bond donors (Lipinski definition) is 2. The summed E-state index contributed by atoms with van der Waals surface area (Å²) in [5.74, 6) is 0. The Morgan fingerprint density at radius 2 is 2.03 bits per heavy atom. The van der Waals surface area contributed by atoms with E-state index in [0.717, 1.165) is 17.0 Å². The monoisotopic (exact) mass is 424 g/mol. The first-order valence-corrected chi connectivity index (χ1v) is 9.74. The van der Waals surface area contributed by atoms with Gasteiger partial charge in [-0.2, -0.15) is 13.2 Å². The maximum absolute atomic E-state index is 12.9. The average molecular weight is 424 g/mol. The predicted octanol–water partition coefficient (Wildman–Crippen LogP) is 4.93. The number of anilines is 1. The minimum Gasteiger partial charge on any atom is -0.382 e. The van der Waals surface area contributed by atoms with Crippen molar-refractivity contribution >= 4 is 32.7 Å². The Labute approximate surface area is 169 Å². The summed E-state index contributed by atoms with van der Waals surface area (Å²) in [6, 6.07) is 5.80. The molecule has 10 heteroatoms. The third kappa shape index (κ3) is 5.64. The molecule has 0 saturated carbocycles. The van der Waals surface area contributed by atoms with Crippen LogP contribution in [0.5, 0.6) is 0 Å². The lowest BCUT2D eigenvalue weighted by Crippen LogP contribution is -2.30. The van der Waals surface area contributed by atoms with Gasteiger partial charge < -0.3 is 10.1 Å². The van der Waals surface area contributed by atoms with Gasteiger partial charge in [-0.05, 0) is 37.1 Å². The minimum atomic E-state index is -4.45. The van der Waals surface area contributed by atoms with Crippen LogP contribution < -0.4 is 10.6 Å². The number of carbonyl (C=O) groups excluding carboxylic acids is 1.